The van der Waals surface area contributed by atoms with Gasteiger partial charge in [-0.25, -0.2) is 0 Å². The number of rotatable bonds is 4. The van der Waals surface area contributed by atoms with Gasteiger partial charge in [0.05, 0.1) is 0 Å². The first kappa shape index (κ1) is 11.8. The van der Waals surface area contributed by atoms with E-state index in [2.05, 4.69) is 30.1 Å². The van der Waals surface area contributed by atoms with E-state index < -0.39 is 0 Å². The van der Waals surface area contributed by atoms with Gasteiger partial charge < -0.3 is 16.0 Å². The first-order valence-electron chi connectivity index (χ1n) is 5.08. The summed E-state index contributed by atoms with van der Waals surface area (Å²) in [4.78, 5) is 2.27. The van der Waals surface area contributed by atoms with Crippen LogP contribution in [0.2, 0.25) is 0 Å². The number of anilines is 2. The van der Waals surface area contributed by atoms with Crippen LogP contribution in [0.4, 0.5) is 11.4 Å². The molecule has 3 nitrogen and oxygen atoms in total. The molecule has 0 bridgehead atoms. The molecule has 0 aliphatic carbocycles. The van der Waals surface area contributed by atoms with Gasteiger partial charge in [-0.05, 0) is 44.3 Å². The Hall–Kier alpha value is -1.29. The van der Waals surface area contributed by atoms with E-state index in [9.17, 15) is 0 Å². The summed E-state index contributed by atoms with van der Waals surface area (Å²) in [6, 6.07) is 8.07. The van der Waals surface area contributed by atoms with Gasteiger partial charge in [0, 0.05) is 24.5 Å². The third-order valence-corrected chi connectivity index (χ3v) is 2.34. The Morgan fingerprint density at radius 1 is 1.40 bits per heavy atom. The lowest BCUT2D eigenvalue weighted by atomic mass is 10.2. The maximum Gasteiger partial charge on any atom is 0.168 e. The fourth-order valence-corrected chi connectivity index (χ4v) is 1.63. The van der Waals surface area contributed by atoms with Crippen molar-refractivity contribution in [2.75, 3.05) is 23.3 Å². The Morgan fingerprint density at radius 3 is 2.60 bits per heavy atom. The molecule has 0 unspecified atom stereocenters. The zero-order valence-electron chi connectivity index (χ0n) is 9.16. The van der Waals surface area contributed by atoms with Crippen molar-refractivity contribution in [2.45, 2.75) is 13.8 Å². The molecule has 0 saturated heterocycles. The Morgan fingerprint density at radius 2 is 2.07 bits per heavy atom. The average molecular weight is 223 g/mol. The molecule has 0 aliphatic heterocycles. The third-order valence-electron chi connectivity index (χ3n) is 2.24. The number of thiocarbonyl (C=S) groups is 1. The second-order valence-corrected chi connectivity index (χ2v) is 3.65. The van der Waals surface area contributed by atoms with Gasteiger partial charge in [-0.15, -0.1) is 0 Å². The minimum atomic E-state index is 0.298. The van der Waals surface area contributed by atoms with Crippen LogP contribution in [0.5, 0.6) is 0 Å². The molecule has 0 saturated carbocycles. The van der Waals surface area contributed by atoms with Crippen molar-refractivity contribution in [3.63, 3.8) is 0 Å². The second kappa shape index (κ2) is 5.56. The highest BCUT2D eigenvalue weighted by molar-refractivity contribution is 7.80. The molecular formula is C11H17N3S. The van der Waals surface area contributed by atoms with Gasteiger partial charge in [0.1, 0.15) is 0 Å². The third kappa shape index (κ3) is 3.40. The average Bonchev–Trinajstić information content (AvgIpc) is 2.19. The van der Waals surface area contributed by atoms with Crippen molar-refractivity contribution in [2.24, 2.45) is 5.73 Å². The minimum Gasteiger partial charge on any atom is -0.376 e. The standard InChI is InChI=1S/C11H17N3S/c1-3-14(4-2)10-7-5-6-9(8-10)13-11(12)15/h5-8H,3-4H2,1-2H3,(H3,12,13,15). The molecule has 0 radical (unpaired) electrons. The lowest BCUT2D eigenvalue weighted by Gasteiger charge is -2.21. The van der Waals surface area contributed by atoms with Crippen molar-refractivity contribution < 1.29 is 0 Å². The zero-order valence-corrected chi connectivity index (χ0v) is 9.97. The van der Waals surface area contributed by atoms with E-state index in [0.29, 0.717) is 5.11 Å². The van der Waals surface area contributed by atoms with Gasteiger partial charge in [0.25, 0.3) is 0 Å². The quantitative estimate of drug-likeness (QED) is 0.768. The van der Waals surface area contributed by atoms with Crippen LogP contribution in [0.1, 0.15) is 13.8 Å². The molecule has 0 heterocycles. The van der Waals surface area contributed by atoms with Crippen LogP contribution in [0.25, 0.3) is 0 Å². The topological polar surface area (TPSA) is 41.3 Å². The maximum atomic E-state index is 5.42. The van der Waals surface area contributed by atoms with Gasteiger partial charge in [-0.1, -0.05) is 6.07 Å². The summed E-state index contributed by atoms with van der Waals surface area (Å²) in [6.07, 6.45) is 0. The fourth-order valence-electron chi connectivity index (χ4n) is 1.51. The molecule has 1 aromatic rings. The van der Waals surface area contributed by atoms with Gasteiger partial charge in [-0.2, -0.15) is 0 Å². The number of hydrogen-bond donors (Lipinski definition) is 2. The first-order chi connectivity index (χ1) is 7.17. The summed E-state index contributed by atoms with van der Waals surface area (Å²) in [7, 11) is 0. The largest absolute Gasteiger partial charge is 0.376 e. The molecule has 4 heteroatoms. The Kier molecular flexibility index (Phi) is 4.37. The van der Waals surface area contributed by atoms with Crippen molar-refractivity contribution >= 4 is 28.7 Å². The number of nitrogens with two attached hydrogens (primary N) is 1. The zero-order chi connectivity index (χ0) is 11.3. The van der Waals surface area contributed by atoms with Crippen LogP contribution >= 0.6 is 12.2 Å². The molecule has 0 aliphatic rings. The minimum absolute atomic E-state index is 0.298. The van der Waals surface area contributed by atoms with Crippen LogP contribution in [0.15, 0.2) is 24.3 Å². The Labute approximate surface area is 96.3 Å². The highest BCUT2D eigenvalue weighted by atomic mass is 32.1. The lowest BCUT2D eigenvalue weighted by molar-refractivity contribution is 0.866. The number of nitrogens with one attached hydrogen (secondary N) is 1. The van der Waals surface area contributed by atoms with E-state index in [1.807, 2.05) is 18.2 Å². The fraction of sp³-hybridized carbons (Fsp3) is 0.364. The highest BCUT2D eigenvalue weighted by Gasteiger charge is 2.02. The monoisotopic (exact) mass is 223 g/mol. The molecular weight excluding hydrogens is 206 g/mol. The molecule has 0 aromatic heterocycles. The normalized spacial score (nSPS) is 9.73. The molecule has 0 atom stereocenters. The Bertz CT molecular complexity index is 334. The van der Waals surface area contributed by atoms with Crippen molar-refractivity contribution in [1.82, 2.24) is 0 Å². The van der Waals surface area contributed by atoms with Gasteiger partial charge in [0.2, 0.25) is 0 Å². The lowest BCUT2D eigenvalue weighted by Crippen LogP contribution is -2.22. The molecule has 82 valence electrons. The van der Waals surface area contributed by atoms with Crippen LogP contribution < -0.4 is 16.0 Å². The van der Waals surface area contributed by atoms with E-state index in [1.165, 1.54) is 5.69 Å². The van der Waals surface area contributed by atoms with Gasteiger partial charge in [-0.3, -0.25) is 0 Å². The van der Waals surface area contributed by atoms with Crippen LogP contribution in [-0.2, 0) is 0 Å². The van der Waals surface area contributed by atoms with Gasteiger partial charge in [0.15, 0.2) is 5.11 Å². The second-order valence-electron chi connectivity index (χ2n) is 3.21. The highest BCUT2D eigenvalue weighted by Crippen LogP contribution is 2.18. The summed E-state index contributed by atoms with van der Waals surface area (Å²) in [5.74, 6) is 0. The smallest absolute Gasteiger partial charge is 0.168 e. The molecule has 0 fully saturated rings. The first-order valence-corrected chi connectivity index (χ1v) is 5.49. The molecule has 3 N–H and O–H groups in total. The molecule has 1 aromatic carbocycles. The van der Waals surface area contributed by atoms with E-state index in [4.69, 9.17) is 18.0 Å². The predicted molar refractivity (Wildman–Crippen MR) is 70.4 cm³/mol. The van der Waals surface area contributed by atoms with Crippen LogP contribution in [-0.4, -0.2) is 18.2 Å². The molecule has 1 rings (SSSR count). The number of nitrogens with zero attached hydrogens (tertiary/aromatic N) is 1. The van der Waals surface area contributed by atoms with Crippen molar-refractivity contribution in [3.05, 3.63) is 24.3 Å². The maximum absolute atomic E-state index is 5.42. The molecule has 15 heavy (non-hydrogen) atoms. The molecule has 0 spiro atoms. The van der Waals surface area contributed by atoms with Gasteiger partial charge >= 0.3 is 0 Å². The predicted octanol–water partition coefficient (Wildman–Crippen LogP) is 2.19. The van der Waals surface area contributed by atoms with E-state index >= 15 is 0 Å². The number of hydrogen-bond acceptors (Lipinski definition) is 2. The Balaban J connectivity index is 2.86. The van der Waals surface area contributed by atoms with Crippen molar-refractivity contribution in [1.29, 1.82) is 0 Å². The molecule has 0 amide bonds. The van der Waals surface area contributed by atoms with E-state index in [0.717, 1.165) is 18.8 Å². The summed E-state index contributed by atoms with van der Waals surface area (Å²) in [5.41, 5.74) is 7.54. The van der Waals surface area contributed by atoms with Crippen LogP contribution in [0, 0.1) is 0 Å². The van der Waals surface area contributed by atoms with Crippen molar-refractivity contribution in [3.8, 4) is 0 Å². The number of benzene rings is 1. The summed E-state index contributed by atoms with van der Waals surface area (Å²) < 4.78 is 0. The summed E-state index contributed by atoms with van der Waals surface area (Å²) >= 11 is 4.80. The van der Waals surface area contributed by atoms with Crippen LogP contribution in [0.3, 0.4) is 0 Å². The van der Waals surface area contributed by atoms with E-state index in [1.54, 1.807) is 0 Å². The van der Waals surface area contributed by atoms with E-state index in [-0.39, 0.29) is 0 Å². The summed E-state index contributed by atoms with van der Waals surface area (Å²) in [5, 5.41) is 3.23. The summed E-state index contributed by atoms with van der Waals surface area (Å²) in [6.45, 7) is 6.26. The SMILES string of the molecule is CCN(CC)c1cccc(NC(N)=S)c1.